The van der Waals surface area contributed by atoms with Gasteiger partial charge in [0.2, 0.25) is 0 Å². The van der Waals surface area contributed by atoms with E-state index in [-0.39, 0.29) is 17.6 Å². The molecule has 20 heavy (non-hydrogen) atoms. The SMILES string of the molecule is COc1ccc(-c2nc3n(c2C)CCCC3N)cc1F. The number of hydrogen-bond acceptors (Lipinski definition) is 3. The standard InChI is InChI=1S/C15H18FN3O/c1-9-14(10-5-6-13(20-2)11(16)8-10)18-15-12(17)4-3-7-19(9)15/h5-6,8,12H,3-4,7,17H2,1-2H3. The Kier molecular flexibility index (Phi) is 3.22. The summed E-state index contributed by atoms with van der Waals surface area (Å²) in [6.45, 7) is 2.94. The van der Waals surface area contributed by atoms with Crippen molar-refractivity contribution in [3.05, 3.63) is 35.5 Å². The second kappa shape index (κ2) is 4.90. The molecule has 1 atom stereocenters. The number of rotatable bonds is 2. The number of halogens is 1. The smallest absolute Gasteiger partial charge is 0.165 e. The van der Waals surface area contributed by atoms with E-state index in [9.17, 15) is 4.39 Å². The average molecular weight is 275 g/mol. The zero-order valence-electron chi connectivity index (χ0n) is 11.7. The number of aromatic nitrogens is 2. The van der Waals surface area contributed by atoms with E-state index in [1.807, 2.05) is 13.0 Å². The lowest BCUT2D eigenvalue weighted by Gasteiger charge is -2.20. The van der Waals surface area contributed by atoms with E-state index in [1.54, 1.807) is 6.07 Å². The van der Waals surface area contributed by atoms with Gasteiger partial charge in [-0.3, -0.25) is 0 Å². The molecule has 1 aromatic carbocycles. The minimum absolute atomic E-state index is 0.0284. The monoisotopic (exact) mass is 275 g/mol. The summed E-state index contributed by atoms with van der Waals surface area (Å²) in [5.74, 6) is 0.770. The normalized spacial score (nSPS) is 17.9. The number of methoxy groups -OCH3 is 1. The maximum absolute atomic E-state index is 13.8. The van der Waals surface area contributed by atoms with Gasteiger partial charge >= 0.3 is 0 Å². The van der Waals surface area contributed by atoms with Crippen LogP contribution in [0.5, 0.6) is 5.75 Å². The number of hydrogen-bond donors (Lipinski definition) is 1. The molecular formula is C15H18FN3O. The highest BCUT2D eigenvalue weighted by molar-refractivity contribution is 5.63. The molecule has 1 aliphatic heterocycles. The molecule has 0 saturated heterocycles. The predicted octanol–water partition coefficient (Wildman–Crippen LogP) is 2.80. The molecule has 1 unspecified atom stereocenters. The summed E-state index contributed by atoms with van der Waals surface area (Å²) in [6.07, 6.45) is 2.01. The van der Waals surface area contributed by atoms with Gasteiger partial charge in [0.1, 0.15) is 5.82 Å². The molecule has 106 valence electrons. The van der Waals surface area contributed by atoms with Crippen LogP contribution in [-0.4, -0.2) is 16.7 Å². The summed E-state index contributed by atoms with van der Waals surface area (Å²) in [5.41, 5.74) is 8.71. The van der Waals surface area contributed by atoms with E-state index in [0.717, 1.165) is 42.2 Å². The first-order valence-corrected chi connectivity index (χ1v) is 6.78. The maximum atomic E-state index is 13.8. The number of nitrogens with zero attached hydrogens (tertiary/aromatic N) is 2. The van der Waals surface area contributed by atoms with E-state index >= 15 is 0 Å². The van der Waals surface area contributed by atoms with Crippen LogP contribution < -0.4 is 10.5 Å². The Balaban J connectivity index is 2.09. The Hall–Kier alpha value is -1.88. The Morgan fingerprint density at radius 3 is 2.90 bits per heavy atom. The Morgan fingerprint density at radius 2 is 2.25 bits per heavy atom. The zero-order valence-corrected chi connectivity index (χ0v) is 11.7. The molecule has 1 aliphatic rings. The van der Waals surface area contributed by atoms with Crippen LogP contribution in [0.4, 0.5) is 4.39 Å². The predicted molar refractivity (Wildman–Crippen MR) is 75.1 cm³/mol. The summed E-state index contributed by atoms with van der Waals surface area (Å²) < 4.78 is 20.9. The van der Waals surface area contributed by atoms with E-state index < -0.39 is 0 Å². The molecule has 0 spiro atoms. The third-order valence-electron chi connectivity index (χ3n) is 3.90. The second-order valence-corrected chi connectivity index (χ2v) is 5.15. The molecule has 5 heteroatoms. The third-order valence-corrected chi connectivity index (χ3v) is 3.90. The van der Waals surface area contributed by atoms with Gasteiger partial charge in [-0.2, -0.15) is 0 Å². The van der Waals surface area contributed by atoms with Crippen molar-refractivity contribution in [2.75, 3.05) is 7.11 Å². The van der Waals surface area contributed by atoms with Gasteiger partial charge in [-0.1, -0.05) is 0 Å². The fraction of sp³-hybridized carbons (Fsp3) is 0.400. The van der Waals surface area contributed by atoms with Crippen LogP contribution in [0, 0.1) is 12.7 Å². The molecular weight excluding hydrogens is 257 g/mol. The van der Waals surface area contributed by atoms with Gasteiger partial charge in [-0.05, 0) is 38.0 Å². The molecule has 0 bridgehead atoms. The van der Waals surface area contributed by atoms with Gasteiger partial charge in [0.05, 0.1) is 18.8 Å². The minimum atomic E-state index is -0.375. The molecule has 2 aromatic rings. The first kappa shape index (κ1) is 13.1. The summed E-state index contributed by atoms with van der Waals surface area (Å²) in [7, 11) is 1.46. The highest BCUT2D eigenvalue weighted by atomic mass is 19.1. The molecule has 0 amide bonds. The van der Waals surface area contributed by atoms with E-state index in [2.05, 4.69) is 9.55 Å². The van der Waals surface area contributed by atoms with E-state index in [0.29, 0.717) is 0 Å². The Morgan fingerprint density at radius 1 is 1.45 bits per heavy atom. The number of ether oxygens (including phenoxy) is 1. The lowest BCUT2D eigenvalue weighted by atomic mass is 10.1. The van der Waals surface area contributed by atoms with Crippen LogP contribution in [0.25, 0.3) is 11.3 Å². The molecule has 1 aromatic heterocycles. The van der Waals surface area contributed by atoms with Gasteiger partial charge in [0, 0.05) is 17.8 Å². The lowest BCUT2D eigenvalue weighted by Crippen LogP contribution is -2.22. The third kappa shape index (κ3) is 1.98. The summed E-state index contributed by atoms with van der Waals surface area (Å²) in [5, 5.41) is 0. The van der Waals surface area contributed by atoms with Gasteiger partial charge < -0.3 is 15.0 Å². The first-order valence-electron chi connectivity index (χ1n) is 6.78. The molecule has 0 fully saturated rings. The summed E-state index contributed by atoms with van der Waals surface area (Å²) in [6, 6.07) is 4.89. The topological polar surface area (TPSA) is 53.1 Å². The van der Waals surface area contributed by atoms with Crippen LogP contribution in [0.1, 0.15) is 30.4 Å². The highest BCUT2D eigenvalue weighted by Gasteiger charge is 2.23. The van der Waals surface area contributed by atoms with Crippen molar-refractivity contribution in [1.82, 2.24) is 9.55 Å². The van der Waals surface area contributed by atoms with Crippen LogP contribution in [0.2, 0.25) is 0 Å². The fourth-order valence-electron chi connectivity index (χ4n) is 2.81. The van der Waals surface area contributed by atoms with Crippen molar-refractivity contribution in [1.29, 1.82) is 0 Å². The maximum Gasteiger partial charge on any atom is 0.165 e. The highest BCUT2D eigenvalue weighted by Crippen LogP contribution is 2.32. The molecule has 2 N–H and O–H groups in total. The first-order chi connectivity index (χ1) is 9.61. The fourth-order valence-corrected chi connectivity index (χ4v) is 2.81. The lowest BCUT2D eigenvalue weighted by molar-refractivity contribution is 0.386. The van der Waals surface area contributed by atoms with Gasteiger partial charge in [-0.15, -0.1) is 0 Å². The average Bonchev–Trinajstić information content (AvgIpc) is 2.78. The molecule has 3 rings (SSSR count). The number of benzene rings is 1. The van der Waals surface area contributed by atoms with E-state index in [1.165, 1.54) is 13.2 Å². The van der Waals surface area contributed by atoms with Gasteiger partial charge in [-0.25, -0.2) is 9.37 Å². The van der Waals surface area contributed by atoms with Crippen LogP contribution >= 0.6 is 0 Å². The van der Waals surface area contributed by atoms with Gasteiger partial charge in [0.15, 0.2) is 11.6 Å². The number of imidazole rings is 1. The largest absolute Gasteiger partial charge is 0.494 e. The van der Waals surface area contributed by atoms with Crippen molar-refractivity contribution in [2.45, 2.75) is 32.4 Å². The van der Waals surface area contributed by atoms with Crippen LogP contribution in [0.3, 0.4) is 0 Å². The van der Waals surface area contributed by atoms with Crippen molar-refractivity contribution >= 4 is 0 Å². The second-order valence-electron chi connectivity index (χ2n) is 5.15. The number of fused-ring (bicyclic) bond motifs is 1. The van der Waals surface area contributed by atoms with Crippen LogP contribution in [-0.2, 0) is 6.54 Å². The number of nitrogens with two attached hydrogens (primary N) is 1. The molecule has 0 saturated carbocycles. The molecule has 0 radical (unpaired) electrons. The Labute approximate surface area is 117 Å². The van der Waals surface area contributed by atoms with Crippen LogP contribution in [0.15, 0.2) is 18.2 Å². The van der Waals surface area contributed by atoms with Gasteiger partial charge in [0.25, 0.3) is 0 Å². The summed E-state index contributed by atoms with van der Waals surface area (Å²) in [4.78, 5) is 4.63. The summed E-state index contributed by atoms with van der Waals surface area (Å²) >= 11 is 0. The van der Waals surface area contributed by atoms with Crippen molar-refractivity contribution < 1.29 is 9.13 Å². The molecule has 4 nitrogen and oxygen atoms in total. The van der Waals surface area contributed by atoms with Crippen molar-refractivity contribution in [2.24, 2.45) is 5.73 Å². The molecule has 0 aliphatic carbocycles. The zero-order chi connectivity index (χ0) is 14.3. The van der Waals surface area contributed by atoms with Crippen molar-refractivity contribution in [3.8, 4) is 17.0 Å². The Bertz CT molecular complexity index is 651. The quantitative estimate of drug-likeness (QED) is 0.917. The van der Waals surface area contributed by atoms with Crippen molar-refractivity contribution in [3.63, 3.8) is 0 Å². The minimum Gasteiger partial charge on any atom is -0.494 e. The molecule has 2 heterocycles. The van der Waals surface area contributed by atoms with E-state index in [4.69, 9.17) is 10.5 Å².